The zero-order chi connectivity index (χ0) is 20.8. The number of benzene rings is 2. The third-order valence-corrected chi connectivity index (χ3v) is 4.93. The summed E-state index contributed by atoms with van der Waals surface area (Å²) < 4.78 is 24.0. The maximum absolute atomic E-state index is 13.0. The van der Waals surface area contributed by atoms with E-state index in [9.17, 15) is 9.18 Å². The first-order valence-corrected chi connectivity index (χ1v) is 10.1. The van der Waals surface area contributed by atoms with Crippen molar-refractivity contribution in [3.63, 3.8) is 0 Å². The number of thiazole rings is 1. The van der Waals surface area contributed by atoms with Crippen LogP contribution in [-0.2, 0) is 17.6 Å². The highest BCUT2D eigenvalue weighted by atomic mass is 32.1. The minimum atomic E-state index is -0.261. The number of ether oxygens (including phenoxy) is 2. The van der Waals surface area contributed by atoms with Gasteiger partial charge in [-0.1, -0.05) is 12.1 Å². The van der Waals surface area contributed by atoms with Gasteiger partial charge in [-0.3, -0.25) is 4.79 Å². The van der Waals surface area contributed by atoms with Gasteiger partial charge >= 0.3 is 0 Å². The highest BCUT2D eigenvalue weighted by Gasteiger charge is 2.13. The van der Waals surface area contributed by atoms with Crippen LogP contribution in [0.25, 0.3) is 0 Å². The van der Waals surface area contributed by atoms with Crippen LogP contribution in [0.2, 0.25) is 0 Å². The number of halogens is 1. The fraction of sp³-hybridized carbons (Fsp3) is 0.273. The molecule has 1 heterocycles. The summed E-state index contributed by atoms with van der Waals surface area (Å²) in [5.41, 5.74) is 2.23. The van der Waals surface area contributed by atoms with E-state index in [1.165, 1.54) is 23.5 Å². The van der Waals surface area contributed by atoms with Crippen molar-refractivity contribution in [2.24, 2.45) is 0 Å². The number of anilines is 1. The maximum Gasteiger partial charge on any atom is 0.230 e. The molecule has 0 radical (unpaired) electrons. The zero-order valence-corrected chi connectivity index (χ0v) is 17.4. The molecule has 7 heteroatoms. The van der Waals surface area contributed by atoms with Gasteiger partial charge < -0.3 is 14.8 Å². The third kappa shape index (κ3) is 6.02. The second-order valence-electron chi connectivity index (χ2n) is 6.79. The van der Waals surface area contributed by atoms with Crippen LogP contribution in [0, 0.1) is 5.82 Å². The number of hydrogen-bond acceptors (Lipinski definition) is 5. The van der Waals surface area contributed by atoms with Crippen molar-refractivity contribution < 1.29 is 18.7 Å². The molecule has 0 atom stereocenters. The fourth-order valence-electron chi connectivity index (χ4n) is 2.74. The summed E-state index contributed by atoms with van der Waals surface area (Å²) in [6.07, 6.45) is 0.735. The van der Waals surface area contributed by atoms with Gasteiger partial charge in [0.25, 0.3) is 0 Å². The minimum absolute atomic E-state index is 0.0217. The van der Waals surface area contributed by atoms with Crippen LogP contribution in [-0.4, -0.2) is 24.1 Å². The van der Waals surface area contributed by atoms with E-state index in [4.69, 9.17) is 9.47 Å². The number of hydrogen-bond donors (Lipinski definition) is 1. The SMILES string of the molecule is COc1ccc(OC(C)C)c(NC(=O)Cc2csc(Cc3ccc(F)cc3)n2)c1. The summed E-state index contributed by atoms with van der Waals surface area (Å²) >= 11 is 1.48. The van der Waals surface area contributed by atoms with Crippen molar-refractivity contribution in [2.45, 2.75) is 32.8 Å². The minimum Gasteiger partial charge on any atom is -0.497 e. The summed E-state index contributed by atoms with van der Waals surface area (Å²) in [5.74, 6) is 0.769. The van der Waals surface area contributed by atoms with E-state index >= 15 is 0 Å². The number of carbonyl (C=O) groups is 1. The highest BCUT2D eigenvalue weighted by Crippen LogP contribution is 2.30. The van der Waals surface area contributed by atoms with Gasteiger partial charge in [-0.05, 0) is 43.7 Å². The van der Waals surface area contributed by atoms with Gasteiger partial charge in [0.1, 0.15) is 17.3 Å². The monoisotopic (exact) mass is 414 g/mol. The molecule has 0 aliphatic rings. The second kappa shape index (κ2) is 9.52. The zero-order valence-electron chi connectivity index (χ0n) is 16.6. The smallest absolute Gasteiger partial charge is 0.230 e. The lowest BCUT2D eigenvalue weighted by molar-refractivity contribution is -0.115. The lowest BCUT2D eigenvalue weighted by atomic mass is 10.1. The number of rotatable bonds is 8. The first-order chi connectivity index (χ1) is 13.9. The van der Waals surface area contributed by atoms with E-state index in [1.54, 1.807) is 37.4 Å². The van der Waals surface area contributed by atoms with Crippen LogP contribution in [0.4, 0.5) is 10.1 Å². The van der Waals surface area contributed by atoms with E-state index in [1.807, 2.05) is 19.2 Å². The van der Waals surface area contributed by atoms with Crippen LogP contribution in [0.15, 0.2) is 47.8 Å². The predicted octanol–water partition coefficient (Wildman–Crippen LogP) is 4.85. The number of nitrogens with one attached hydrogen (secondary N) is 1. The molecule has 3 aromatic rings. The number of amides is 1. The molecule has 0 saturated carbocycles. The van der Waals surface area contributed by atoms with E-state index in [0.717, 1.165) is 10.6 Å². The summed E-state index contributed by atoms with van der Waals surface area (Å²) in [6.45, 7) is 3.85. The largest absolute Gasteiger partial charge is 0.497 e. The molecular formula is C22H23FN2O3S. The van der Waals surface area contributed by atoms with Crippen molar-refractivity contribution in [1.29, 1.82) is 0 Å². The van der Waals surface area contributed by atoms with Crippen LogP contribution >= 0.6 is 11.3 Å². The van der Waals surface area contributed by atoms with Gasteiger partial charge in [0.2, 0.25) is 5.91 Å². The molecule has 0 bridgehead atoms. The molecule has 2 aromatic carbocycles. The van der Waals surface area contributed by atoms with Gasteiger partial charge in [-0.25, -0.2) is 9.37 Å². The first-order valence-electron chi connectivity index (χ1n) is 9.25. The lowest BCUT2D eigenvalue weighted by Gasteiger charge is -2.15. The quantitative estimate of drug-likeness (QED) is 0.572. The molecule has 1 amide bonds. The number of carbonyl (C=O) groups excluding carboxylic acids is 1. The van der Waals surface area contributed by atoms with Crippen molar-refractivity contribution in [1.82, 2.24) is 4.98 Å². The Bertz CT molecular complexity index is 970. The molecule has 1 aromatic heterocycles. The number of nitrogens with zero attached hydrogens (tertiary/aromatic N) is 1. The fourth-order valence-corrected chi connectivity index (χ4v) is 3.57. The van der Waals surface area contributed by atoms with Crippen LogP contribution < -0.4 is 14.8 Å². The van der Waals surface area contributed by atoms with Crippen molar-refractivity contribution in [2.75, 3.05) is 12.4 Å². The normalized spacial score (nSPS) is 10.8. The molecule has 29 heavy (non-hydrogen) atoms. The predicted molar refractivity (Wildman–Crippen MR) is 112 cm³/mol. The summed E-state index contributed by atoms with van der Waals surface area (Å²) in [6, 6.07) is 11.6. The van der Waals surface area contributed by atoms with Gasteiger partial charge in [0.05, 0.1) is 36.0 Å². The summed E-state index contributed by atoms with van der Waals surface area (Å²) in [4.78, 5) is 17.1. The van der Waals surface area contributed by atoms with Gasteiger partial charge in [0, 0.05) is 17.9 Å². The average Bonchev–Trinajstić information content (AvgIpc) is 3.11. The van der Waals surface area contributed by atoms with E-state index in [0.29, 0.717) is 29.3 Å². The van der Waals surface area contributed by atoms with Gasteiger partial charge in [-0.2, -0.15) is 0 Å². The Morgan fingerprint density at radius 1 is 1.21 bits per heavy atom. The number of methoxy groups -OCH3 is 1. The molecule has 1 N–H and O–H groups in total. The Balaban J connectivity index is 1.65. The van der Waals surface area contributed by atoms with Crippen molar-refractivity contribution in [3.8, 4) is 11.5 Å². The van der Waals surface area contributed by atoms with Gasteiger partial charge in [-0.15, -0.1) is 11.3 Å². The molecule has 0 unspecified atom stereocenters. The Kier molecular flexibility index (Phi) is 6.82. The van der Waals surface area contributed by atoms with Crippen molar-refractivity contribution in [3.05, 3.63) is 69.9 Å². The molecular weight excluding hydrogens is 391 g/mol. The third-order valence-electron chi connectivity index (χ3n) is 4.03. The van der Waals surface area contributed by atoms with E-state index in [2.05, 4.69) is 10.3 Å². The lowest BCUT2D eigenvalue weighted by Crippen LogP contribution is -2.16. The molecule has 3 rings (SSSR count). The number of aromatic nitrogens is 1. The molecule has 0 saturated heterocycles. The van der Waals surface area contributed by atoms with Crippen molar-refractivity contribution >= 4 is 22.9 Å². The highest BCUT2D eigenvalue weighted by molar-refractivity contribution is 7.09. The molecule has 0 aliphatic heterocycles. The molecule has 5 nitrogen and oxygen atoms in total. The summed E-state index contributed by atoms with van der Waals surface area (Å²) in [7, 11) is 1.57. The Labute approximate surface area is 173 Å². The van der Waals surface area contributed by atoms with Crippen LogP contribution in [0.3, 0.4) is 0 Å². The van der Waals surface area contributed by atoms with E-state index in [-0.39, 0.29) is 24.2 Å². The standard InChI is InChI=1S/C22H23FN2O3S/c1-14(2)28-20-9-8-18(27-3)12-19(20)25-21(26)11-17-13-29-22(24-17)10-15-4-6-16(23)7-5-15/h4-9,12-14H,10-11H2,1-3H3,(H,25,26). The van der Waals surface area contributed by atoms with E-state index < -0.39 is 0 Å². The Morgan fingerprint density at radius 3 is 2.66 bits per heavy atom. The first kappa shape index (κ1) is 20.8. The molecule has 0 spiro atoms. The molecule has 0 aliphatic carbocycles. The maximum atomic E-state index is 13.0. The van der Waals surface area contributed by atoms with Crippen LogP contribution in [0.5, 0.6) is 11.5 Å². The average molecular weight is 415 g/mol. The Morgan fingerprint density at radius 2 is 1.97 bits per heavy atom. The Hall–Kier alpha value is -2.93. The second-order valence-corrected chi connectivity index (χ2v) is 7.73. The molecule has 152 valence electrons. The summed E-state index contributed by atoms with van der Waals surface area (Å²) in [5, 5.41) is 5.63. The topological polar surface area (TPSA) is 60.5 Å². The van der Waals surface area contributed by atoms with Crippen LogP contribution in [0.1, 0.15) is 30.1 Å². The van der Waals surface area contributed by atoms with Gasteiger partial charge in [0.15, 0.2) is 0 Å². The molecule has 0 fully saturated rings.